The maximum absolute atomic E-state index is 13.2. The van der Waals surface area contributed by atoms with Gasteiger partial charge in [0.2, 0.25) is 5.91 Å². The van der Waals surface area contributed by atoms with Gasteiger partial charge >= 0.3 is 0 Å². The quantitative estimate of drug-likeness (QED) is 0.0910. The van der Waals surface area contributed by atoms with Crippen molar-refractivity contribution in [2.24, 2.45) is 0 Å². The van der Waals surface area contributed by atoms with Gasteiger partial charge in [-0.2, -0.15) is 11.3 Å². The SMILES string of the molecule is Cc1cc([N+](=O)[O-])ccc1NC(=O)CSc1cccc(NC(=O)/C(=C/c2ccsc2)NC(=O)c2ccccc2)c1. The predicted octanol–water partition coefficient (Wildman–Crippen LogP) is 6.11. The Morgan fingerprint density at radius 3 is 2.48 bits per heavy atom. The molecule has 1 aromatic heterocycles. The summed E-state index contributed by atoms with van der Waals surface area (Å²) in [6, 6.07) is 21.7. The third kappa shape index (κ3) is 7.88. The highest BCUT2D eigenvalue weighted by Crippen LogP contribution is 2.24. The number of nitrogens with zero attached hydrogens (tertiary/aromatic N) is 1. The van der Waals surface area contributed by atoms with Gasteiger partial charge in [0, 0.05) is 34.0 Å². The van der Waals surface area contributed by atoms with Gasteiger partial charge in [-0.15, -0.1) is 11.8 Å². The maximum Gasteiger partial charge on any atom is 0.272 e. The summed E-state index contributed by atoms with van der Waals surface area (Å²) in [4.78, 5) is 49.6. The summed E-state index contributed by atoms with van der Waals surface area (Å²) >= 11 is 2.74. The van der Waals surface area contributed by atoms with Crippen LogP contribution in [-0.2, 0) is 9.59 Å². The van der Waals surface area contributed by atoms with Gasteiger partial charge in [-0.1, -0.05) is 24.3 Å². The van der Waals surface area contributed by atoms with Crippen molar-refractivity contribution in [2.45, 2.75) is 11.8 Å². The number of aryl methyl sites for hydroxylation is 1. The predicted molar refractivity (Wildman–Crippen MR) is 158 cm³/mol. The number of nitro benzene ring substituents is 1. The molecule has 0 unspecified atom stereocenters. The van der Waals surface area contributed by atoms with E-state index < -0.39 is 16.7 Å². The minimum atomic E-state index is -0.496. The summed E-state index contributed by atoms with van der Waals surface area (Å²) in [5.41, 5.74) is 2.82. The molecule has 40 heavy (non-hydrogen) atoms. The number of anilines is 2. The van der Waals surface area contributed by atoms with Crippen LogP contribution in [0.2, 0.25) is 0 Å². The number of hydrogen-bond donors (Lipinski definition) is 3. The normalized spacial score (nSPS) is 11.0. The number of nitrogens with one attached hydrogen (secondary N) is 3. The molecule has 0 radical (unpaired) electrons. The number of rotatable bonds is 10. The van der Waals surface area contributed by atoms with E-state index in [4.69, 9.17) is 0 Å². The Hall–Kier alpha value is -4.74. The topological polar surface area (TPSA) is 130 Å². The molecule has 0 atom stereocenters. The number of carbonyl (C=O) groups is 3. The van der Waals surface area contributed by atoms with Crippen LogP contribution in [0.5, 0.6) is 0 Å². The molecule has 1 heterocycles. The van der Waals surface area contributed by atoms with Gasteiger partial charge < -0.3 is 16.0 Å². The van der Waals surface area contributed by atoms with E-state index in [-0.39, 0.29) is 23.0 Å². The van der Waals surface area contributed by atoms with Crippen LogP contribution in [-0.4, -0.2) is 28.4 Å². The van der Waals surface area contributed by atoms with Crippen molar-refractivity contribution in [1.29, 1.82) is 0 Å². The molecule has 0 saturated carbocycles. The van der Waals surface area contributed by atoms with Crippen molar-refractivity contribution in [3.05, 3.63) is 122 Å². The lowest BCUT2D eigenvalue weighted by molar-refractivity contribution is -0.384. The zero-order valence-electron chi connectivity index (χ0n) is 21.2. The van der Waals surface area contributed by atoms with Crippen LogP contribution in [0.25, 0.3) is 6.08 Å². The Balaban J connectivity index is 1.40. The lowest BCUT2D eigenvalue weighted by atomic mass is 10.2. The van der Waals surface area contributed by atoms with Crippen LogP contribution >= 0.6 is 23.1 Å². The van der Waals surface area contributed by atoms with Gasteiger partial charge in [-0.25, -0.2) is 0 Å². The van der Waals surface area contributed by atoms with Crippen molar-refractivity contribution in [3.8, 4) is 0 Å². The first kappa shape index (κ1) is 28.3. The highest BCUT2D eigenvalue weighted by molar-refractivity contribution is 8.00. The molecule has 0 aliphatic heterocycles. The minimum absolute atomic E-state index is 0.0447. The van der Waals surface area contributed by atoms with Gasteiger partial charge in [0.25, 0.3) is 17.5 Å². The Bertz CT molecular complexity index is 1570. The average Bonchev–Trinajstić information content (AvgIpc) is 3.46. The number of non-ortho nitro benzene ring substituents is 1. The van der Waals surface area contributed by atoms with Crippen LogP contribution in [0.15, 0.2) is 100 Å². The minimum Gasteiger partial charge on any atom is -0.325 e. The molecule has 0 saturated heterocycles. The Morgan fingerprint density at radius 1 is 0.975 bits per heavy atom. The average molecular weight is 573 g/mol. The Kier molecular flexibility index (Phi) is 9.44. The van der Waals surface area contributed by atoms with E-state index in [1.165, 1.54) is 41.3 Å². The Morgan fingerprint density at radius 2 is 1.77 bits per heavy atom. The number of thiophene rings is 1. The highest BCUT2D eigenvalue weighted by atomic mass is 32.2. The van der Waals surface area contributed by atoms with Crippen LogP contribution in [0, 0.1) is 17.0 Å². The number of benzene rings is 3. The van der Waals surface area contributed by atoms with Crippen LogP contribution in [0.4, 0.5) is 17.1 Å². The molecule has 0 bridgehead atoms. The Labute approximate surface area is 238 Å². The van der Waals surface area contributed by atoms with E-state index in [1.54, 1.807) is 61.5 Å². The number of thioether (sulfide) groups is 1. The van der Waals surface area contributed by atoms with Crippen LogP contribution in [0.1, 0.15) is 21.5 Å². The zero-order valence-corrected chi connectivity index (χ0v) is 22.9. The highest BCUT2D eigenvalue weighted by Gasteiger charge is 2.16. The fourth-order valence-corrected chi connectivity index (χ4v) is 4.94. The van der Waals surface area contributed by atoms with E-state index >= 15 is 0 Å². The molecule has 3 amide bonds. The van der Waals surface area contributed by atoms with Crippen molar-refractivity contribution >= 4 is 64.0 Å². The van der Waals surface area contributed by atoms with Crippen molar-refractivity contribution in [3.63, 3.8) is 0 Å². The molecule has 3 aromatic carbocycles. The number of carbonyl (C=O) groups excluding carboxylic acids is 3. The molecule has 0 aliphatic carbocycles. The van der Waals surface area contributed by atoms with E-state index in [0.717, 1.165) is 10.5 Å². The first-order valence-corrected chi connectivity index (χ1v) is 13.9. The molecule has 0 fully saturated rings. The molecule has 4 aromatic rings. The first-order chi connectivity index (χ1) is 19.3. The zero-order chi connectivity index (χ0) is 28.5. The molecule has 11 heteroatoms. The van der Waals surface area contributed by atoms with Crippen molar-refractivity contribution in [2.75, 3.05) is 16.4 Å². The second kappa shape index (κ2) is 13.4. The summed E-state index contributed by atoms with van der Waals surface area (Å²) in [7, 11) is 0. The summed E-state index contributed by atoms with van der Waals surface area (Å²) in [5, 5.41) is 22.9. The van der Waals surface area contributed by atoms with Crippen molar-refractivity contribution in [1.82, 2.24) is 5.32 Å². The second-order valence-electron chi connectivity index (χ2n) is 8.51. The largest absolute Gasteiger partial charge is 0.325 e. The summed E-state index contributed by atoms with van der Waals surface area (Å²) in [6.45, 7) is 1.69. The fourth-order valence-electron chi connectivity index (χ4n) is 3.57. The maximum atomic E-state index is 13.2. The van der Waals surface area contributed by atoms with Gasteiger partial charge in [0.05, 0.1) is 10.7 Å². The van der Waals surface area contributed by atoms with Gasteiger partial charge in [0.1, 0.15) is 5.70 Å². The second-order valence-corrected chi connectivity index (χ2v) is 10.3. The van der Waals surface area contributed by atoms with Gasteiger partial charge in [-0.3, -0.25) is 24.5 Å². The fraction of sp³-hybridized carbons (Fsp3) is 0.0690. The van der Waals surface area contributed by atoms with Gasteiger partial charge in [0.15, 0.2) is 0 Å². The molecular weight excluding hydrogens is 548 g/mol. The molecule has 0 aliphatic rings. The third-order valence-electron chi connectivity index (χ3n) is 5.54. The summed E-state index contributed by atoms with van der Waals surface area (Å²) in [6.07, 6.45) is 1.61. The molecular formula is C29H24N4O5S2. The smallest absolute Gasteiger partial charge is 0.272 e. The lowest BCUT2D eigenvalue weighted by Gasteiger charge is -2.12. The summed E-state index contributed by atoms with van der Waals surface area (Å²) in [5.74, 6) is -1.09. The number of nitro groups is 1. The summed E-state index contributed by atoms with van der Waals surface area (Å²) < 4.78 is 0. The monoisotopic (exact) mass is 572 g/mol. The van der Waals surface area contributed by atoms with E-state index in [1.807, 2.05) is 22.9 Å². The van der Waals surface area contributed by atoms with E-state index in [2.05, 4.69) is 16.0 Å². The van der Waals surface area contributed by atoms with Gasteiger partial charge in [-0.05, 0) is 77.4 Å². The molecule has 9 nitrogen and oxygen atoms in total. The number of hydrogen-bond acceptors (Lipinski definition) is 7. The molecule has 4 rings (SSSR count). The molecule has 202 valence electrons. The lowest BCUT2D eigenvalue weighted by Crippen LogP contribution is -2.30. The van der Waals surface area contributed by atoms with E-state index in [9.17, 15) is 24.5 Å². The molecule has 3 N–H and O–H groups in total. The third-order valence-corrected chi connectivity index (χ3v) is 7.23. The standard InChI is InChI=1S/C29H24N4O5S2/c1-19-14-23(33(37)38)10-11-25(19)31-27(34)18-40-24-9-5-8-22(16-24)30-29(36)26(15-20-12-13-39-17-20)32-28(35)21-6-3-2-4-7-21/h2-17H,18H2,1H3,(H,30,36)(H,31,34)(H,32,35)/b26-15-. The van der Waals surface area contributed by atoms with Crippen LogP contribution < -0.4 is 16.0 Å². The first-order valence-electron chi connectivity index (χ1n) is 12.0. The van der Waals surface area contributed by atoms with Crippen molar-refractivity contribution < 1.29 is 19.3 Å². The number of amides is 3. The van der Waals surface area contributed by atoms with Crippen LogP contribution in [0.3, 0.4) is 0 Å². The molecule has 0 spiro atoms. The van der Waals surface area contributed by atoms with E-state index in [0.29, 0.717) is 22.5 Å².